The van der Waals surface area contributed by atoms with E-state index in [-0.39, 0.29) is 13.2 Å². The van der Waals surface area contributed by atoms with Gasteiger partial charge in [0.05, 0.1) is 24.6 Å². The maximum atomic E-state index is 13.7. The molecule has 4 aromatic rings. The number of tetrazole rings is 2. The van der Waals surface area contributed by atoms with Crippen LogP contribution in [0.15, 0.2) is 81.0 Å². The van der Waals surface area contributed by atoms with Gasteiger partial charge >= 0.3 is 7.60 Å². The molecular formula is C20H21N8O3PS2. The molecule has 0 saturated heterocycles. The molecule has 0 radical (unpaired) electrons. The molecule has 0 atom stereocenters. The number of rotatable bonds is 11. The number of benzene rings is 2. The molecule has 14 heteroatoms. The quantitative estimate of drug-likeness (QED) is 0.205. The van der Waals surface area contributed by atoms with Gasteiger partial charge in [-0.15, -0.1) is 10.2 Å². The predicted octanol–water partition coefficient (Wildman–Crippen LogP) is 4.59. The Morgan fingerprint density at radius 2 is 1.35 bits per heavy atom. The van der Waals surface area contributed by atoms with Crippen molar-refractivity contribution in [3.05, 3.63) is 70.7 Å². The van der Waals surface area contributed by atoms with Gasteiger partial charge < -0.3 is 9.05 Å². The minimum atomic E-state index is -3.67. The Labute approximate surface area is 204 Å². The van der Waals surface area contributed by atoms with Crippen molar-refractivity contribution in [2.24, 2.45) is 0 Å². The van der Waals surface area contributed by atoms with E-state index < -0.39 is 7.60 Å². The Hall–Kier alpha value is -2.83. The molecule has 2 aromatic carbocycles. The Morgan fingerprint density at radius 3 is 1.88 bits per heavy atom. The van der Waals surface area contributed by atoms with Crippen LogP contribution in [0.3, 0.4) is 0 Å². The molecule has 0 aliphatic carbocycles. The van der Waals surface area contributed by atoms with Crippen molar-refractivity contribution in [2.45, 2.75) is 24.2 Å². The minimum absolute atomic E-state index is 0.200. The fraction of sp³-hybridized carbons (Fsp3) is 0.200. The summed E-state index contributed by atoms with van der Waals surface area (Å²) in [5, 5.41) is 26.4. The Morgan fingerprint density at radius 1 is 0.853 bits per heavy atom. The smallest absolute Gasteiger partial charge is 0.305 e. The maximum absolute atomic E-state index is 13.7. The topological polar surface area (TPSA) is 123 Å². The summed E-state index contributed by atoms with van der Waals surface area (Å²) in [6, 6.07) is 18.9. The molecule has 0 spiro atoms. The van der Waals surface area contributed by atoms with E-state index in [9.17, 15) is 4.57 Å². The Bertz CT molecular complexity index is 1270. The SMILES string of the molecule is CCOP(=O)(OCC)/C(=C/Sc1nnnn1-c1ccccc1)Sc1nnnn1-c1ccccc1. The fourth-order valence-corrected chi connectivity index (χ4v) is 6.86. The third-order valence-corrected chi connectivity index (χ3v) is 8.93. The molecule has 2 heterocycles. The highest BCUT2D eigenvalue weighted by Crippen LogP contribution is 2.62. The van der Waals surface area contributed by atoms with E-state index in [1.165, 1.54) is 11.8 Å². The second-order valence-corrected chi connectivity index (χ2v) is 10.6. The van der Waals surface area contributed by atoms with Crippen LogP contribution < -0.4 is 0 Å². The molecule has 0 aliphatic heterocycles. The second kappa shape index (κ2) is 11.5. The monoisotopic (exact) mass is 516 g/mol. The first kappa shape index (κ1) is 24.3. The van der Waals surface area contributed by atoms with Crippen molar-refractivity contribution >= 4 is 31.1 Å². The van der Waals surface area contributed by atoms with Crippen molar-refractivity contribution in [1.82, 2.24) is 40.4 Å². The number of nitrogens with zero attached hydrogens (tertiary/aromatic N) is 8. The van der Waals surface area contributed by atoms with E-state index in [2.05, 4.69) is 31.1 Å². The van der Waals surface area contributed by atoms with Gasteiger partial charge in [-0.25, -0.2) is 0 Å². The van der Waals surface area contributed by atoms with Gasteiger partial charge in [-0.1, -0.05) is 48.2 Å². The third kappa shape index (κ3) is 5.62. The van der Waals surface area contributed by atoms with Gasteiger partial charge in [0.15, 0.2) is 0 Å². The lowest BCUT2D eigenvalue weighted by Gasteiger charge is -2.19. The molecule has 0 amide bonds. The molecule has 0 fully saturated rings. The highest BCUT2D eigenvalue weighted by atomic mass is 32.2. The van der Waals surface area contributed by atoms with Crippen LogP contribution in [0.4, 0.5) is 0 Å². The molecule has 0 bridgehead atoms. The second-order valence-electron chi connectivity index (χ2n) is 6.43. The van der Waals surface area contributed by atoms with Gasteiger partial charge in [-0.05, 0) is 70.7 Å². The average molecular weight is 517 g/mol. The van der Waals surface area contributed by atoms with Gasteiger partial charge in [-0.2, -0.15) is 9.36 Å². The summed E-state index contributed by atoms with van der Waals surface area (Å²) in [4.78, 5) is 0. The maximum Gasteiger partial charge on any atom is 0.368 e. The van der Waals surface area contributed by atoms with Crippen LogP contribution in [0.1, 0.15) is 13.8 Å². The van der Waals surface area contributed by atoms with Crippen molar-refractivity contribution in [3.63, 3.8) is 0 Å². The van der Waals surface area contributed by atoms with Gasteiger partial charge in [0.25, 0.3) is 0 Å². The largest absolute Gasteiger partial charge is 0.368 e. The Kier molecular flexibility index (Phi) is 8.25. The molecular weight excluding hydrogens is 495 g/mol. The summed E-state index contributed by atoms with van der Waals surface area (Å²) >= 11 is 2.30. The first-order valence-electron chi connectivity index (χ1n) is 10.3. The van der Waals surface area contributed by atoms with E-state index in [4.69, 9.17) is 9.05 Å². The highest BCUT2D eigenvalue weighted by Gasteiger charge is 2.33. The number of hydrogen-bond acceptors (Lipinski definition) is 11. The van der Waals surface area contributed by atoms with Crippen LogP contribution in [0.5, 0.6) is 0 Å². The van der Waals surface area contributed by atoms with Crippen molar-refractivity contribution in [1.29, 1.82) is 0 Å². The summed E-state index contributed by atoms with van der Waals surface area (Å²) < 4.78 is 28.4. The predicted molar refractivity (Wildman–Crippen MR) is 129 cm³/mol. The number of aromatic nitrogens is 8. The van der Waals surface area contributed by atoms with Crippen LogP contribution in [0, 0.1) is 0 Å². The molecule has 176 valence electrons. The standard InChI is InChI=1S/C20H21N8O3PS2/c1-3-30-32(29,31-4-2)18(34-20-22-24-26-28(20)17-13-9-6-10-14-17)15-33-19-21-23-25-27(19)16-11-7-5-8-12-16/h5-15H,3-4H2,1-2H3/b18-15-. The van der Waals surface area contributed by atoms with E-state index in [0.29, 0.717) is 15.0 Å². The van der Waals surface area contributed by atoms with Crippen LogP contribution >= 0.6 is 31.1 Å². The van der Waals surface area contributed by atoms with E-state index in [0.717, 1.165) is 23.1 Å². The van der Waals surface area contributed by atoms with Crippen molar-refractivity contribution in [3.8, 4) is 11.4 Å². The summed E-state index contributed by atoms with van der Waals surface area (Å²) in [6.07, 6.45) is 0. The van der Waals surface area contributed by atoms with Crippen LogP contribution in [0.25, 0.3) is 11.4 Å². The van der Waals surface area contributed by atoms with E-state index in [1.54, 1.807) is 28.6 Å². The first-order chi connectivity index (χ1) is 16.6. The van der Waals surface area contributed by atoms with E-state index >= 15 is 0 Å². The summed E-state index contributed by atoms with van der Waals surface area (Å²) in [7, 11) is -3.67. The highest BCUT2D eigenvalue weighted by molar-refractivity contribution is 8.11. The molecule has 11 nitrogen and oxygen atoms in total. The minimum Gasteiger partial charge on any atom is -0.305 e. The summed E-state index contributed by atoms with van der Waals surface area (Å²) in [5.41, 5.74) is 1.56. The summed E-state index contributed by atoms with van der Waals surface area (Å²) in [6.45, 7) is 3.91. The zero-order valence-electron chi connectivity index (χ0n) is 18.3. The normalized spacial score (nSPS) is 12.2. The zero-order chi connectivity index (χ0) is 23.8. The third-order valence-electron chi connectivity index (χ3n) is 4.21. The van der Waals surface area contributed by atoms with Gasteiger partial charge in [0.2, 0.25) is 10.3 Å². The van der Waals surface area contributed by atoms with E-state index in [1.807, 2.05) is 60.7 Å². The van der Waals surface area contributed by atoms with Crippen LogP contribution in [-0.4, -0.2) is 53.6 Å². The molecule has 0 unspecified atom stereocenters. The lowest BCUT2D eigenvalue weighted by Crippen LogP contribution is -2.01. The first-order valence-corrected chi connectivity index (χ1v) is 13.5. The molecule has 0 N–H and O–H groups in total. The van der Waals surface area contributed by atoms with Crippen LogP contribution in [-0.2, 0) is 13.6 Å². The fourth-order valence-electron chi connectivity index (χ4n) is 2.80. The van der Waals surface area contributed by atoms with Gasteiger partial charge in [0.1, 0.15) is 4.65 Å². The summed E-state index contributed by atoms with van der Waals surface area (Å²) in [5.74, 6) is 0. The average Bonchev–Trinajstić information content (AvgIpc) is 3.52. The van der Waals surface area contributed by atoms with Crippen molar-refractivity contribution < 1.29 is 13.6 Å². The zero-order valence-corrected chi connectivity index (χ0v) is 20.9. The lowest BCUT2D eigenvalue weighted by atomic mass is 10.3. The molecule has 34 heavy (non-hydrogen) atoms. The molecule has 0 saturated carbocycles. The molecule has 2 aromatic heterocycles. The van der Waals surface area contributed by atoms with Gasteiger partial charge in [-0.3, -0.25) is 4.57 Å². The molecule has 4 rings (SSSR count). The number of thioether (sulfide) groups is 2. The van der Waals surface area contributed by atoms with Gasteiger partial charge in [0, 0.05) is 5.41 Å². The Balaban J connectivity index is 1.70. The molecule has 0 aliphatic rings. The number of hydrogen-bond donors (Lipinski definition) is 0. The lowest BCUT2D eigenvalue weighted by molar-refractivity contribution is 0.228. The number of para-hydroxylation sites is 2. The van der Waals surface area contributed by atoms with Crippen molar-refractivity contribution in [2.75, 3.05) is 13.2 Å². The van der Waals surface area contributed by atoms with Crippen LogP contribution in [0.2, 0.25) is 0 Å².